The molecule has 0 aliphatic carbocycles. The summed E-state index contributed by atoms with van der Waals surface area (Å²) < 4.78 is 0. The van der Waals surface area contributed by atoms with Gasteiger partial charge in [-0.25, -0.2) is 17.1 Å². The largest absolute Gasteiger partial charge is 0.241 e. The molecule has 0 radical (unpaired) electrons. The van der Waals surface area contributed by atoms with Crippen LogP contribution in [-0.2, 0) is 0 Å². The summed E-state index contributed by atoms with van der Waals surface area (Å²) in [4.78, 5) is 0. The van der Waals surface area contributed by atoms with Gasteiger partial charge in [-0.05, 0) is 11.8 Å². The van der Waals surface area contributed by atoms with E-state index < -0.39 is 0 Å². The summed E-state index contributed by atoms with van der Waals surface area (Å²) in [6, 6.07) is 0. The lowest BCUT2D eigenvalue weighted by atomic mass is 9.99. The van der Waals surface area contributed by atoms with E-state index in [1.54, 1.807) is 0 Å². The highest BCUT2D eigenvalue weighted by Gasteiger charge is 2.05. The first-order valence-electron chi connectivity index (χ1n) is 3.57. The summed E-state index contributed by atoms with van der Waals surface area (Å²) >= 11 is 0. The Labute approximate surface area is 62.5 Å². The molecule has 62 valence electrons. The van der Waals surface area contributed by atoms with E-state index in [4.69, 9.17) is 11.7 Å². The Hall–Kier alpha value is -0.160. The molecule has 0 spiro atoms. The maximum atomic E-state index is 5.14. The van der Waals surface area contributed by atoms with Gasteiger partial charge in [0.15, 0.2) is 0 Å². The highest BCUT2D eigenvalue weighted by atomic mass is 15.8. The van der Waals surface area contributed by atoms with Crippen LogP contribution in [0.3, 0.4) is 0 Å². The molecule has 0 amide bonds. The Morgan fingerprint density at radius 1 is 1.30 bits per heavy atom. The summed E-state index contributed by atoms with van der Waals surface area (Å²) in [6.07, 6.45) is 0. The Bertz CT molecular complexity index is 81.8. The Morgan fingerprint density at radius 3 is 2.10 bits per heavy atom. The molecule has 1 atom stereocenters. The highest BCUT2D eigenvalue weighted by Crippen LogP contribution is 2.06. The number of hydrogen-bond acceptors (Lipinski definition) is 4. The third-order valence-corrected chi connectivity index (χ3v) is 1.73. The molecule has 0 heterocycles. The van der Waals surface area contributed by atoms with E-state index in [9.17, 15) is 0 Å². The van der Waals surface area contributed by atoms with Gasteiger partial charge in [0.1, 0.15) is 0 Å². The smallest absolute Gasteiger partial charge is 0.0157 e. The number of hydrogen-bond donors (Lipinski definition) is 3. The van der Waals surface area contributed by atoms with Gasteiger partial charge < -0.3 is 0 Å². The first kappa shape index (κ1) is 9.84. The van der Waals surface area contributed by atoms with Crippen LogP contribution in [0.15, 0.2) is 0 Å². The fourth-order valence-corrected chi connectivity index (χ4v) is 0.485. The zero-order valence-electron chi connectivity index (χ0n) is 6.96. The highest BCUT2D eigenvalue weighted by molar-refractivity contribution is 4.57. The lowest BCUT2D eigenvalue weighted by Gasteiger charge is -2.18. The second-order valence-corrected chi connectivity index (χ2v) is 2.99. The fraction of sp³-hybridized carbons (Fsp3) is 1.00. The normalized spacial score (nSPS) is 14.7. The molecule has 4 heteroatoms. The van der Waals surface area contributed by atoms with Crippen LogP contribution in [0.2, 0.25) is 0 Å². The molecule has 0 rings (SSSR count). The van der Waals surface area contributed by atoms with Crippen LogP contribution in [0, 0.1) is 11.8 Å². The summed E-state index contributed by atoms with van der Waals surface area (Å²) in [7, 11) is 0. The van der Waals surface area contributed by atoms with Gasteiger partial charge in [-0.2, -0.15) is 0 Å². The fourth-order valence-electron chi connectivity index (χ4n) is 0.485. The number of rotatable bonds is 4. The molecule has 0 aromatic heterocycles. The molecule has 0 fully saturated rings. The zero-order chi connectivity index (χ0) is 8.15. The molecular weight excluding hydrogens is 128 g/mol. The van der Waals surface area contributed by atoms with Crippen molar-refractivity contribution in [3.63, 3.8) is 0 Å². The van der Waals surface area contributed by atoms with Gasteiger partial charge in [0, 0.05) is 6.54 Å². The van der Waals surface area contributed by atoms with E-state index in [-0.39, 0.29) is 0 Å². The second kappa shape index (κ2) is 4.62. The summed E-state index contributed by atoms with van der Waals surface area (Å²) in [6.45, 7) is 7.32. The van der Waals surface area contributed by atoms with E-state index in [1.807, 2.05) is 0 Å². The van der Waals surface area contributed by atoms with Crippen LogP contribution in [0.4, 0.5) is 0 Å². The lowest BCUT2D eigenvalue weighted by molar-refractivity contribution is 0.173. The Balaban J connectivity index is 3.30. The first-order chi connectivity index (χ1) is 4.54. The van der Waals surface area contributed by atoms with Crippen LogP contribution < -0.4 is 17.1 Å². The molecule has 0 aromatic rings. The van der Waals surface area contributed by atoms with Gasteiger partial charge in [0.05, 0.1) is 0 Å². The van der Waals surface area contributed by atoms with Crippen LogP contribution in [0.25, 0.3) is 0 Å². The van der Waals surface area contributed by atoms with Crippen molar-refractivity contribution in [2.45, 2.75) is 20.8 Å². The number of nitrogens with one attached hydrogen (secondary N) is 1. The van der Waals surface area contributed by atoms with Gasteiger partial charge in [-0.15, -0.1) is 5.23 Å². The maximum Gasteiger partial charge on any atom is 0.0157 e. The van der Waals surface area contributed by atoms with E-state index >= 15 is 0 Å². The Morgan fingerprint density at radius 2 is 1.80 bits per heavy atom. The van der Waals surface area contributed by atoms with E-state index in [0.29, 0.717) is 11.8 Å². The van der Waals surface area contributed by atoms with Crippen molar-refractivity contribution in [3.05, 3.63) is 0 Å². The molecule has 4 nitrogen and oxygen atoms in total. The third-order valence-electron chi connectivity index (χ3n) is 1.73. The molecule has 0 saturated heterocycles. The summed E-state index contributed by atoms with van der Waals surface area (Å²) in [5, 5.41) is 0.999. The average molecular weight is 146 g/mol. The maximum absolute atomic E-state index is 5.14. The van der Waals surface area contributed by atoms with Crippen molar-refractivity contribution in [1.29, 1.82) is 0 Å². The number of nitrogens with zero attached hydrogens (tertiary/aromatic N) is 1. The van der Waals surface area contributed by atoms with Gasteiger partial charge in [-0.3, -0.25) is 0 Å². The van der Waals surface area contributed by atoms with Crippen molar-refractivity contribution >= 4 is 0 Å². The van der Waals surface area contributed by atoms with Crippen LogP contribution >= 0.6 is 0 Å². The molecule has 0 aliphatic heterocycles. The standard InChI is InChI=1S/C6H18N4/c1-5(2)6(3)4-9-10(7)8/h5-6,9H,4,7-8H2,1-3H3. The molecule has 0 bridgehead atoms. The topological polar surface area (TPSA) is 67.3 Å². The number of hydrazine groups is 3. The minimum Gasteiger partial charge on any atom is -0.241 e. The monoisotopic (exact) mass is 146 g/mol. The molecule has 10 heavy (non-hydrogen) atoms. The average Bonchev–Trinajstić information content (AvgIpc) is 1.82. The van der Waals surface area contributed by atoms with Gasteiger partial charge in [0.2, 0.25) is 0 Å². The predicted molar refractivity (Wildman–Crippen MR) is 42.2 cm³/mol. The predicted octanol–water partition coefficient (Wildman–Crippen LogP) is -0.167. The van der Waals surface area contributed by atoms with E-state index in [1.165, 1.54) is 0 Å². The van der Waals surface area contributed by atoms with Crippen molar-refractivity contribution in [2.75, 3.05) is 6.54 Å². The molecule has 0 saturated carbocycles. The van der Waals surface area contributed by atoms with Crippen molar-refractivity contribution in [2.24, 2.45) is 23.5 Å². The second-order valence-electron chi connectivity index (χ2n) is 2.99. The molecule has 0 aromatic carbocycles. The van der Waals surface area contributed by atoms with Crippen molar-refractivity contribution in [3.8, 4) is 0 Å². The van der Waals surface area contributed by atoms with Crippen molar-refractivity contribution < 1.29 is 0 Å². The summed E-state index contributed by atoms with van der Waals surface area (Å²) in [5.41, 5.74) is 2.82. The minimum atomic E-state index is 0.592. The summed E-state index contributed by atoms with van der Waals surface area (Å²) in [5.74, 6) is 11.5. The van der Waals surface area contributed by atoms with Gasteiger partial charge in [-0.1, -0.05) is 20.8 Å². The molecular formula is C6H18N4. The van der Waals surface area contributed by atoms with Gasteiger partial charge in [0.25, 0.3) is 0 Å². The van der Waals surface area contributed by atoms with Crippen LogP contribution in [-0.4, -0.2) is 11.8 Å². The van der Waals surface area contributed by atoms with Crippen molar-refractivity contribution in [1.82, 2.24) is 10.7 Å². The van der Waals surface area contributed by atoms with E-state index in [2.05, 4.69) is 26.2 Å². The SMILES string of the molecule is CC(C)C(C)CNN(N)N. The zero-order valence-corrected chi connectivity index (χ0v) is 6.96. The third kappa shape index (κ3) is 4.69. The molecule has 0 aliphatic rings. The molecule has 1 unspecified atom stereocenters. The minimum absolute atomic E-state index is 0.592. The first-order valence-corrected chi connectivity index (χ1v) is 3.57. The number of nitrogens with two attached hydrogens (primary N) is 2. The van der Waals surface area contributed by atoms with E-state index in [0.717, 1.165) is 11.8 Å². The van der Waals surface area contributed by atoms with Crippen LogP contribution in [0.1, 0.15) is 20.8 Å². The quantitative estimate of drug-likeness (QED) is 0.380. The van der Waals surface area contributed by atoms with Crippen LogP contribution in [0.5, 0.6) is 0 Å². The Kier molecular flexibility index (Phi) is 4.55. The lowest BCUT2D eigenvalue weighted by Crippen LogP contribution is -2.50. The van der Waals surface area contributed by atoms with Gasteiger partial charge >= 0.3 is 0 Å². The molecule has 5 N–H and O–H groups in total.